The van der Waals surface area contributed by atoms with Crippen LogP contribution in [0.25, 0.3) is 0 Å². The summed E-state index contributed by atoms with van der Waals surface area (Å²) in [5.41, 5.74) is 0. The van der Waals surface area contributed by atoms with Crippen LogP contribution in [0.15, 0.2) is 35.2 Å². The van der Waals surface area contributed by atoms with Gasteiger partial charge in [-0.25, -0.2) is 12.6 Å². The predicted octanol–water partition coefficient (Wildman–Crippen LogP) is 0.871. The van der Waals surface area contributed by atoms with Crippen molar-refractivity contribution < 1.29 is 17.2 Å². The van der Waals surface area contributed by atoms with Crippen molar-refractivity contribution in [2.75, 3.05) is 0 Å². The summed E-state index contributed by atoms with van der Waals surface area (Å²) >= 11 is -2.41. The Bertz CT molecular complexity index is 528. The molecule has 1 atom stereocenters. The quantitative estimate of drug-likeness (QED) is 0.622. The van der Waals surface area contributed by atoms with Crippen LogP contribution < -0.4 is 4.83 Å². The minimum Gasteiger partial charge on any atom is -0.293 e. The number of hydrazine groups is 1. The fraction of sp³-hybridized carbons (Fsp3) is 0.400. The minimum atomic E-state index is -3.79. The molecule has 1 saturated carbocycles. The van der Waals surface area contributed by atoms with Crippen LogP contribution in [0.5, 0.6) is 0 Å². The number of hydrogen-bond donors (Lipinski definition) is 2. The number of rotatable bonds is 5. The molecule has 2 rings (SSSR count). The summed E-state index contributed by atoms with van der Waals surface area (Å²) in [5, 5.41) is 0. The standard InChI is InChI=1S/C10H14N2O4S2/c13-17(14)11-12(9-5-4-6-9)18(15,16)10-7-2-1-3-8-10/h1-3,7-9,11H,4-6H2,(H,13,14). The highest BCUT2D eigenvalue weighted by molar-refractivity contribution is 7.89. The van der Waals surface area contributed by atoms with Crippen LogP contribution in [0.3, 0.4) is 0 Å². The molecule has 0 aliphatic heterocycles. The van der Waals surface area contributed by atoms with Crippen molar-refractivity contribution in [3.8, 4) is 0 Å². The predicted molar refractivity (Wildman–Crippen MR) is 67.0 cm³/mol. The van der Waals surface area contributed by atoms with Gasteiger partial charge in [-0.1, -0.05) is 24.6 Å². The van der Waals surface area contributed by atoms with Gasteiger partial charge in [-0.15, -0.1) is 9.25 Å². The normalized spacial score (nSPS) is 18.6. The summed E-state index contributed by atoms with van der Waals surface area (Å²) in [5.74, 6) is 0. The van der Waals surface area contributed by atoms with Gasteiger partial charge in [-0.05, 0) is 25.0 Å². The van der Waals surface area contributed by atoms with Gasteiger partial charge >= 0.3 is 0 Å². The van der Waals surface area contributed by atoms with Crippen molar-refractivity contribution in [3.05, 3.63) is 30.3 Å². The third-order valence-electron chi connectivity index (χ3n) is 2.87. The van der Waals surface area contributed by atoms with Gasteiger partial charge in [0.05, 0.1) is 4.90 Å². The van der Waals surface area contributed by atoms with E-state index < -0.39 is 21.3 Å². The Labute approximate surface area is 108 Å². The molecule has 2 N–H and O–H groups in total. The smallest absolute Gasteiger partial charge is 0.256 e. The molecule has 1 unspecified atom stereocenters. The van der Waals surface area contributed by atoms with Gasteiger partial charge in [0.15, 0.2) is 0 Å². The highest BCUT2D eigenvalue weighted by atomic mass is 32.2. The van der Waals surface area contributed by atoms with Gasteiger partial charge in [0.25, 0.3) is 10.0 Å². The molecule has 8 heteroatoms. The Balaban J connectivity index is 2.32. The Kier molecular flexibility index (Phi) is 4.13. The SMILES string of the molecule is O=S(O)NN(C1CCC1)S(=O)(=O)c1ccccc1. The van der Waals surface area contributed by atoms with Crippen molar-refractivity contribution in [1.29, 1.82) is 0 Å². The lowest BCUT2D eigenvalue weighted by Gasteiger charge is -2.35. The third-order valence-corrected chi connectivity index (χ3v) is 5.12. The summed E-state index contributed by atoms with van der Waals surface area (Å²) in [6.45, 7) is 0. The van der Waals surface area contributed by atoms with E-state index in [1.54, 1.807) is 18.2 Å². The topological polar surface area (TPSA) is 86.7 Å². The third kappa shape index (κ3) is 2.78. The molecular formula is C10H14N2O4S2. The summed E-state index contributed by atoms with van der Waals surface area (Å²) in [4.78, 5) is 2.20. The van der Waals surface area contributed by atoms with Crippen LogP contribution in [0.4, 0.5) is 0 Å². The molecule has 0 radical (unpaired) electrons. The molecule has 0 amide bonds. The first-order chi connectivity index (χ1) is 8.51. The van der Waals surface area contributed by atoms with Gasteiger partial charge in [-0.3, -0.25) is 4.55 Å². The zero-order valence-electron chi connectivity index (χ0n) is 9.52. The number of sulfonamides is 1. The van der Waals surface area contributed by atoms with E-state index >= 15 is 0 Å². The van der Waals surface area contributed by atoms with Gasteiger partial charge in [0.2, 0.25) is 11.3 Å². The number of hydrogen-bond acceptors (Lipinski definition) is 3. The van der Waals surface area contributed by atoms with Crippen molar-refractivity contribution in [2.45, 2.75) is 30.2 Å². The van der Waals surface area contributed by atoms with Crippen molar-refractivity contribution >= 4 is 21.3 Å². The second-order valence-electron chi connectivity index (χ2n) is 4.04. The van der Waals surface area contributed by atoms with Crippen LogP contribution in [0.2, 0.25) is 0 Å². The zero-order valence-corrected chi connectivity index (χ0v) is 11.2. The second-order valence-corrected chi connectivity index (χ2v) is 6.53. The molecule has 1 aliphatic carbocycles. The molecule has 100 valence electrons. The lowest BCUT2D eigenvalue weighted by molar-refractivity contribution is 0.198. The van der Waals surface area contributed by atoms with E-state index in [4.69, 9.17) is 4.55 Å². The fourth-order valence-corrected chi connectivity index (χ4v) is 3.94. The molecule has 6 nitrogen and oxygen atoms in total. The first kappa shape index (κ1) is 13.6. The average Bonchev–Trinajstić information content (AvgIpc) is 2.26. The molecule has 1 aromatic rings. The maximum absolute atomic E-state index is 12.3. The van der Waals surface area contributed by atoms with Crippen LogP contribution >= 0.6 is 0 Å². The minimum absolute atomic E-state index is 0.106. The van der Waals surface area contributed by atoms with E-state index in [0.717, 1.165) is 10.8 Å². The molecule has 0 heterocycles. The fourth-order valence-electron chi connectivity index (χ4n) is 1.72. The Morgan fingerprint density at radius 3 is 2.33 bits per heavy atom. The molecule has 0 bridgehead atoms. The summed E-state index contributed by atoms with van der Waals surface area (Å²) in [6, 6.07) is 7.60. The lowest BCUT2D eigenvalue weighted by atomic mass is 9.94. The maximum Gasteiger partial charge on any atom is 0.256 e. The molecule has 18 heavy (non-hydrogen) atoms. The Hall–Kier alpha value is -0.800. The van der Waals surface area contributed by atoms with E-state index in [1.165, 1.54) is 12.1 Å². The van der Waals surface area contributed by atoms with Crippen LogP contribution in [0, 0.1) is 0 Å². The Morgan fingerprint density at radius 2 is 1.89 bits per heavy atom. The Morgan fingerprint density at radius 1 is 1.28 bits per heavy atom. The monoisotopic (exact) mass is 290 g/mol. The van der Waals surface area contributed by atoms with Gasteiger partial charge < -0.3 is 0 Å². The van der Waals surface area contributed by atoms with Crippen molar-refractivity contribution in [2.24, 2.45) is 0 Å². The zero-order chi connectivity index (χ0) is 13.2. The molecule has 1 aromatic carbocycles. The van der Waals surface area contributed by atoms with E-state index in [9.17, 15) is 12.6 Å². The largest absolute Gasteiger partial charge is 0.293 e. The van der Waals surface area contributed by atoms with Crippen molar-refractivity contribution in [3.63, 3.8) is 0 Å². The van der Waals surface area contributed by atoms with Crippen molar-refractivity contribution in [1.82, 2.24) is 9.25 Å². The molecular weight excluding hydrogens is 276 g/mol. The first-order valence-electron chi connectivity index (χ1n) is 5.48. The molecule has 1 fully saturated rings. The number of benzene rings is 1. The van der Waals surface area contributed by atoms with E-state index in [-0.39, 0.29) is 10.9 Å². The van der Waals surface area contributed by atoms with Crippen LogP contribution in [0.1, 0.15) is 19.3 Å². The lowest BCUT2D eigenvalue weighted by Crippen LogP contribution is -2.52. The summed E-state index contributed by atoms with van der Waals surface area (Å²) < 4.78 is 45.2. The molecule has 0 aromatic heterocycles. The highest BCUT2D eigenvalue weighted by Crippen LogP contribution is 2.28. The summed E-state index contributed by atoms with van der Waals surface area (Å²) in [7, 11) is -3.79. The number of nitrogens with one attached hydrogen (secondary N) is 1. The van der Waals surface area contributed by atoms with Crippen LogP contribution in [-0.4, -0.2) is 27.6 Å². The van der Waals surface area contributed by atoms with Gasteiger partial charge in [0, 0.05) is 6.04 Å². The van der Waals surface area contributed by atoms with E-state index in [0.29, 0.717) is 12.8 Å². The molecule has 1 aliphatic rings. The second kappa shape index (κ2) is 5.45. The average molecular weight is 290 g/mol. The van der Waals surface area contributed by atoms with E-state index in [2.05, 4.69) is 4.83 Å². The van der Waals surface area contributed by atoms with Gasteiger partial charge in [0.1, 0.15) is 0 Å². The molecule has 0 saturated heterocycles. The highest BCUT2D eigenvalue weighted by Gasteiger charge is 2.36. The van der Waals surface area contributed by atoms with Gasteiger partial charge in [-0.2, -0.15) is 0 Å². The molecule has 0 spiro atoms. The first-order valence-corrected chi connectivity index (χ1v) is 8.03. The van der Waals surface area contributed by atoms with Crippen LogP contribution in [-0.2, 0) is 21.3 Å². The van der Waals surface area contributed by atoms with E-state index in [1.807, 2.05) is 0 Å². The number of nitrogens with zero attached hydrogens (tertiary/aromatic N) is 1. The maximum atomic E-state index is 12.3. The summed E-state index contributed by atoms with van der Waals surface area (Å²) in [6.07, 6.45) is 2.30.